The van der Waals surface area contributed by atoms with Crippen LogP contribution in [0.5, 0.6) is 0 Å². The van der Waals surface area contributed by atoms with Gasteiger partial charge in [-0.2, -0.15) is 5.10 Å². The molecule has 1 saturated heterocycles. The van der Waals surface area contributed by atoms with Crippen LogP contribution in [0.4, 0.5) is 5.13 Å². The largest absolute Gasteiger partial charge is 0.299 e. The first-order chi connectivity index (χ1) is 10.7. The lowest BCUT2D eigenvalue weighted by molar-refractivity contribution is -0.117. The van der Waals surface area contributed by atoms with E-state index in [0.29, 0.717) is 17.6 Å². The zero-order valence-corrected chi connectivity index (χ0v) is 13.3. The molecule has 0 spiro atoms. The van der Waals surface area contributed by atoms with Crippen molar-refractivity contribution in [2.45, 2.75) is 26.3 Å². The summed E-state index contributed by atoms with van der Waals surface area (Å²) in [4.78, 5) is 18.2. The number of nitrogens with zero attached hydrogens (tertiary/aromatic N) is 6. The average molecular weight is 321 g/mol. The summed E-state index contributed by atoms with van der Waals surface area (Å²) < 4.78 is 1.86. The minimum Gasteiger partial charge on any atom is -0.299 e. The third-order valence-electron chi connectivity index (χ3n) is 3.65. The molecule has 1 fully saturated rings. The first kappa shape index (κ1) is 15.0. The van der Waals surface area contributed by atoms with Gasteiger partial charge in [-0.05, 0) is 32.2 Å². The predicted molar refractivity (Wildman–Crippen MR) is 82.5 cm³/mol. The summed E-state index contributed by atoms with van der Waals surface area (Å²) in [7, 11) is 0. The maximum absolute atomic E-state index is 12.1. The number of amides is 1. The first-order valence-corrected chi connectivity index (χ1v) is 8.15. The van der Waals surface area contributed by atoms with Crippen LogP contribution in [-0.4, -0.2) is 55.4 Å². The van der Waals surface area contributed by atoms with E-state index in [0.717, 1.165) is 37.5 Å². The minimum absolute atomic E-state index is 0.0300. The van der Waals surface area contributed by atoms with E-state index in [1.165, 1.54) is 11.3 Å². The Balaban J connectivity index is 1.48. The van der Waals surface area contributed by atoms with Gasteiger partial charge in [0.2, 0.25) is 11.0 Å². The predicted octanol–water partition coefficient (Wildman–Crippen LogP) is 0.789. The molecule has 3 heterocycles. The Bertz CT molecular complexity index is 612. The van der Waals surface area contributed by atoms with Crippen molar-refractivity contribution in [1.82, 2.24) is 29.9 Å². The molecule has 0 unspecified atom stereocenters. The van der Waals surface area contributed by atoms with Crippen LogP contribution < -0.4 is 5.32 Å². The fourth-order valence-electron chi connectivity index (χ4n) is 2.74. The molecule has 8 nitrogen and oxygen atoms in total. The third kappa shape index (κ3) is 4.08. The van der Waals surface area contributed by atoms with E-state index in [4.69, 9.17) is 0 Å². The van der Waals surface area contributed by atoms with Crippen LogP contribution in [0.1, 0.15) is 17.8 Å². The lowest BCUT2D eigenvalue weighted by Gasteiger charge is -2.31. The van der Waals surface area contributed by atoms with E-state index in [9.17, 15) is 4.79 Å². The molecular weight excluding hydrogens is 302 g/mol. The number of nitrogens with one attached hydrogen (secondary N) is 1. The minimum atomic E-state index is -0.0300. The Hall–Kier alpha value is -1.87. The molecule has 1 atom stereocenters. The van der Waals surface area contributed by atoms with Crippen LogP contribution >= 0.6 is 11.3 Å². The van der Waals surface area contributed by atoms with E-state index >= 15 is 0 Å². The van der Waals surface area contributed by atoms with Gasteiger partial charge in [-0.1, -0.05) is 11.3 Å². The summed E-state index contributed by atoms with van der Waals surface area (Å²) >= 11 is 1.39. The van der Waals surface area contributed by atoms with Crippen molar-refractivity contribution in [2.75, 3.05) is 25.0 Å². The monoisotopic (exact) mass is 321 g/mol. The van der Waals surface area contributed by atoms with Crippen LogP contribution in [0.3, 0.4) is 0 Å². The molecule has 9 heteroatoms. The van der Waals surface area contributed by atoms with E-state index in [1.54, 1.807) is 12.7 Å². The number of carbonyl (C=O) groups excluding carboxylic acids is 1. The highest BCUT2D eigenvalue weighted by molar-refractivity contribution is 7.15. The van der Waals surface area contributed by atoms with Gasteiger partial charge >= 0.3 is 0 Å². The number of likely N-dealkylation sites (tertiary alicyclic amines) is 1. The smallest absolute Gasteiger partial charge is 0.240 e. The molecule has 1 N–H and O–H groups in total. The molecule has 2 aromatic rings. The van der Waals surface area contributed by atoms with Crippen molar-refractivity contribution in [2.24, 2.45) is 5.92 Å². The van der Waals surface area contributed by atoms with Crippen LogP contribution in [0.25, 0.3) is 0 Å². The number of carbonyl (C=O) groups is 1. The Kier molecular flexibility index (Phi) is 4.74. The highest BCUT2D eigenvalue weighted by Crippen LogP contribution is 2.18. The fraction of sp³-hybridized carbons (Fsp3) is 0.615. The molecule has 3 rings (SSSR count). The van der Waals surface area contributed by atoms with Crippen LogP contribution in [0, 0.1) is 12.8 Å². The number of anilines is 1. The lowest BCUT2D eigenvalue weighted by atomic mass is 9.98. The Morgan fingerprint density at radius 3 is 3.14 bits per heavy atom. The van der Waals surface area contributed by atoms with Crippen molar-refractivity contribution in [3.05, 3.63) is 17.7 Å². The molecule has 2 aromatic heterocycles. The normalized spacial score (nSPS) is 19.2. The summed E-state index contributed by atoms with van der Waals surface area (Å²) in [5, 5.41) is 16.2. The first-order valence-electron chi connectivity index (χ1n) is 7.34. The molecule has 1 amide bonds. The standard InChI is InChI=1S/C13H19N7OS/c1-10-17-18-13(22-10)16-12(21)7-19-4-2-3-11(5-19)6-20-9-14-8-15-20/h8-9,11H,2-7H2,1H3,(H,16,18,21)/t11-/m1/s1. The van der Waals surface area contributed by atoms with Gasteiger partial charge < -0.3 is 0 Å². The van der Waals surface area contributed by atoms with Crippen molar-refractivity contribution >= 4 is 22.4 Å². The topological polar surface area (TPSA) is 88.8 Å². The van der Waals surface area contributed by atoms with Crippen LogP contribution in [0.15, 0.2) is 12.7 Å². The van der Waals surface area contributed by atoms with Crippen molar-refractivity contribution in [1.29, 1.82) is 0 Å². The van der Waals surface area contributed by atoms with Crippen LogP contribution in [-0.2, 0) is 11.3 Å². The molecule has 1 aliphatic rings. The van der Waals surface area contributed by atoms with Gasteiger partial charge in [0.15, 0.2) is 0 Å². The summed E-state index contributed by atoms with van der Waals surface area (Å²) in [5.74, 6) is 0.476. The van der Waals surface area contributed by atoms with Gasteiger partial charge in [0, 0.05) is 13.1 Å². The summed E-state index contributed by atoms with van der Waals surface area (Å²) in [5.41, 5.74) is 0. The molecule has 0 aliphatic carbocycles. The Labute approximate surface area is 132 Å². The van der Waals surface area contributed by atoms with Gasteiger partial charge in [0.25, 0.3) is 0 Å². The maximum Gasteiger partial charge on any atom is 0.240 e. The summed E-state index contributed by atoms with van der Waals surface area (Å²) in [6.45, 7) is 4.98. The number of piperidine rings is 1. The summed E-state index contributed by atoms with van der Waals surface area (Å²) in [6, 6.07) is 0. The number of rotatable bonds is 5. The number of hydrogen-bond donors (Lipinski definition) is 1. The second-order valence-electron chi connectivity index (χ2n) is 5.54. The second kappa shape index (κ2) is 6.93. The lowest BCUT2D eigenvalue weighted by Crippen LogP contribution is -2.41. The van der Waals surface area contributed by atoms with Gasteiger partial charge in [-0.15, -0.1) is 10.2 Å². The maximum atomic E-state index is 12.1. The molecule has 0 radical (unpaired) electrons. The number of hydrogen-bond acceptors (Lipinski definition) is 7. The third-order valence-corrected chi connectivity index (χ3v) is 4.41. The highest BCUT2D eigenvalue weighted by Gasteiger charge is 2.22. The molecule has 1 aliphatic heterocycles. The van der Waals surface area contributed by atoms with Crippen LogP contribution in [0.2, 0.25) is 0 Å². The second-order valence-corrected chi connectivity index (χ2v) is 6.72. The van der Waals surface area contributed by atoms with Crippen molar-refractivity contribution < 1.29 is 4.79 Å². The average Bonchev–Trinajstić information content (AvgIpc) is 3.11. The summed E-state index contributed by atoms with van der Waals surface area (Å²) in [6.07, 6.45) is 5.56. The van der Waals surface area contributed by atoms with E-state index < -0.39 is 0 Å². The van der Waals surface area contributed by atoms with E-state index in [1.807, 2.05) is 11.6 Å². The fourth-order valence-corrected chi connectivity index (χ4v) is 3.35. The highest BCUT2D eigenvalue weighted by atomic mass is 32.1. The SMILES string of the molecule is Cc1nnc(NC(=O)CN2CCC[C@@H](Cn3cncn3)C2)s1. The zero-order chi connectivity index (χ0) is 15.4. The number of aromatic nitrogens is 5. The molecule has 0 saturated carbocycles. The van der Waals surface area contributed by atoms with Gasteiger partial charge in [0.05, 0.1) is 6.54 Å². The van der Waals surface area contributed by atoms with Gasteiger partial charge in [-0.25, -0.2) is 4.98 Å². The van der Waals surface area contributed by atoms with Gasteiger partial charge in [-0.3, -0.25) is 19.7 Å². The van der Waals surface area contributed by atoms with Crippen molar-refractivity contribution in [3.63, 3.8) is 0 Å². The van der Waals surface area contributed by atoms with Crippen molar-refractivity contribution in [3.8, 4) is 0 Å². The molecule has 0 bridgehead atoms. The molecule has 0 aromatic carbocycles. The molecule has 22 heavy (non-hydrogen) atoms. The Morgan fingerprint density at radius 2 is 2.41 bits per heavy atom. The van der Waals surface area contributed by atoms with E-state index in [-0.39, 0.29) is 5.91 Å². The zero-order valence-electron chi connectivity index (χ0n) is 12.5. The van der Waals surface area contributed by atoms with E-state index in [2.05, 4.69) is 30.5 Å². The number of aryl methyl sites for hydroxylation is 1. The Morgan fingerprint density at radius 1 is 1.50 bits per heavy atom. The molecular formula is C13H19N7OS. The molecule has 118 valence electrons. The quantitative estimate of drug-likeness (QED) is 0.876. The van der Waals surface area contributed by atoms with Gasteiger partial charge in [0.1, 0.15) is 17.7 Å².